The van der Waals surface area contributed by atoms with Gasteiger partial charge < -0.3 is 0 Å². The summed E-state index contributed by atoms with van der Waals surface area (Å²) in [4.78, 5) is 0.422. The van der Waals surface area contributed by atoms with E-state index in [1.54, 1.807) is 27.6 Å². The minimum Gasteiger partial charge on any atom is -0.207 e. The zero-order chi connectivity index (χ0) is 16.7. The van der Waals surface area contributed by atoms with Crippen molar-refractivity contribution in [1.29, 1.82) is 0 Å². The molecule has 1 aliphatic heterocycles. The highest BCUT2D eigenvalue weighted by Crippen LogP contribution is 2.42. The number of allylic oxidation sites excluding steroid dienone is 2. The molecule has 1 saturated carbocycles. The van der Waals surface area contributed by atoms with Gasteiger partial charge in [-0.25, -0.2) is 8.42 Å². The quantitative estimate of drug-likeness (QED) is 0.759. The second-order valence-corrected chi connectivity index (χ2v) is 9.31. The number of aryl methyl sites for hydroxylation is 1. The fourth-order valence-electron chi connectivity index (χ4n) is 4.46. The fourth-order valence-corrected chi connectivity index (χ4v) is 5.96. The van der Waals surface area contributed by atoms with Gasteiger partial charge in [0.15, 0.2) is 0 Å². The Hall–Kier alpha value is -1.39. The Balaban J connectivity index is 1.62. The van der Waals surface area contributed by atoms with E-state index in [1.807, 2.05) is 19.1 Å². The van der Waals surface area contributed by atoms with E-state index in [0.717, 1.165) is 12.0 Å². The monoisotopic (exact) mass is 343 g/mol. The molecule has 0 unspecified atom stereocenters. The normalized spacial score (nSPS) is 27.7. The predicted octanol–water partition coefficient (Wildman–Crippen LogP) is 4.06. The molecule has 1 heterocycles. The summed E-state index contributed by atoms with van der Waals surface area (Å²) >= 11 is 0. The van der Waals surface area contributed by atoms with Crippen LogP contribution in [0, 0.1) is 18.8 Å². The topological polar surface area (TPSA) is 37.4 Å². The first kappa shape index (κ1) is 16.1. The van der Waals surface area contributed by atoms with Crippen molar-refractivity contribution in [3.8, 4) is 0 Å². The Morgan fingerprint density at radius 3 is 2.46 bits per heavy atom. The number of hydrogen-bond donors (Lipinski definition) is 0. The summed E-state index contributed by atoms with van der Waals surface area (Å²) in [6.45, 7) is 3.24. The van der Waals surface area contributed by atoms with Gasteiger partial charge in [-0.05, 0) is 57.1 Å². The average molecular weight is 343 g/mol. The summed E-state index contributed by atoms with van der Waals surface area (Å²) in [6, 6.07) is 7.22. The van der Waals surface area contributed by atoms with Crippen LogP contribution in [0.15, 0.2) is 52.5 Å². The van der Waals surface area contributed by atoms with Crippen LogP contribution in [-0.2, 0) is 10.0 Å². The molecule has 24 heavy (non-hydrogen) atoms. The van der Waals surface area contributed by atoms with Gasteiger partial charge in [-0.15, -0.1) is 0 Å². The molecule has 2 atom stereocenters. The molecule has 2 fully saturated rings. The molecule has 0 amide bonds. The first-order valence-electron chi connectivity index (χ1n) is 9.00. The molecular formula is C20H25NO2S. The average Bonchev–Trinajstić information content (AvgIpc) is 3.24. The van der Waals surface area contributed by atoms with Crippen molar-refractivity contribution >= 4 is 10.0 Å². The van der Waals surface area contributed by atoms with E-state index >= 15 is 0 Å². The van der Waals surface area contributed by atoms with Crippen LogP contribution in [0.2, 0.25) is 0 Å². The molecule has 0 aromatic heterocycles. The molecule has 3 nitrogen and oxygen atoms in total. The van der Waals surface area contributed by atoms with Gasteiger partial charge in [-0.3, -0.25) is 0 Å². The third-order valence-corrected chi connectivity index (χ3v) is 7.67. The Bertz CT molecular complexity index is 781. The van der Waals surface area contributed by atoms with E-state index < -0.39 is 10.0 Å². The van der Waals surface area contributed by atoms with Gasteiger partial charge in [-0.1, -0.05) is 41.0 Å². The van der Waals surface area contributed by atoms with E-state index in [-0.39, 0.29) is 0 Å². The highest BCUT2D eigenvalue weighted by molar-refractivity contribution is 7.89. The number of fused-ring (bicyclic) bond motifs is 1. The molecular weight excluding hydrogens is 318 g/mol. The number of rotatable bonds is 2. The van der Waals surface area contributed by atoms with Crippen molar-refractivity contribution in [1.82, 2.24) is 4.31 Å². The summed E-state index contributed by atoms with van der Waals surface area (Å²) in [7, 11) is -3.38. The van der Waals surface area contributed by atoms with Crippen LogP contribution >= 0.6 is 0 Å². The highest BCUT2D eigenvalue weighted by Gasteiger charge is 2.41. The van der Waals surface area contributed by atoms with Gasteiger partial charge in [0.05, 0.1) is 4.90 Å². The van der Waals surface area contributed by atoms with Crippen molar-refractivity contribution in [3.63, 3.8) is 0 Å². The number of nitrogens with zero attached hydrogens (tertiary/aromatic N) is 1. The number of hydrogen-bond acceptors (Lipinski definition) is 2. The summed E-state index contributed by atoms with van der Waals surface area (Å²) in [5.41, 5.74) is 4.24. The van der Waals surface area contributed by atoms with Gasteiger partial charge in [0.2, 0.25) is 10.0 Å². The third-order valence-electron chi connectivity index (χ3n) is 5.82. The van der Waals surface area contributed by atoms with Crippen LogP contribution in [0.5, 0.6) is 0 Å². The summed E-state index contributed by atoms with van der Waals surface area (Å²) in [6.07, 6.45) is 10.6. The molecule has 3 aliphatic rings. The molecule has 0 radical (unpaired) electrons. The van der Waals surface area contributed by atoms with Crippen molar-refractivity contribution in [3.05, 3.63) is 53.1 Å². The summed E-state index contributed by atoms with van der Waals surface area (Å²) in [5.74, 6) is 0.741. The van der Waals surface area contributed by atoms with Gasteiger partial charge in [0, 0.05) is 19.0 Å². The maximum absolute atomic E-state index is 13.0. The lowest BCUT2D eigenvalue weighted by atomic mass is 9.80. The molecule has 4 heteroatoms. The molecule has 1 saturated heterocycles. The molecule has 4 rings (SSSR count). The maximum atomic E-state index is 13.0. The Morgan fingerprint density at radius 1 is 1.04 bits per heavy atom. The van der Waals surface area contributed by atoms with Crippen LogP contribution < -0.4 is 0 Å². The number of sulfonamides is 1. The lowest BCUT2D eigenvalue weighted by Crippen LogP contribution is -2.29. The van der Waals surface area contributed by atoms with Gasteiger partial charge >= 0.3 is 0 Å². The van der Waals surface area contributed by atoms with Gasteiger partial charge in [-0.2, -0.15) is 4.31 Å². The maximum Gasteiger partial charge on any atom is 0.243 e. The van der Waals surface area contributed by atoms with Crippen LogP contribution in [0.4, 0.5) is 0 Å². The van der Waals surface area contributed by atoms with Crippen molar-refractivity contribution < 1.29 is 8.42 Å². The zero-order valence-corrected chi connectivity index (χ0v) is 15.1. The smallest absolute Gasteiger partial charge is 0.207 e. The van der Waals surface area contributed by atoms with Crippen LogP contribution in [0.1, 0.15) is 37.7 Å². The Labute approximate surface area is 145 Å². The number of benzene rings is 1. The van der Waals surface area contributed by atoms with E-state index in [4.69, 9.17) is 0 Å². The van der Waals surface area contributed by atoms with Gasteiger partial charge in [0.25, 0.3) is 0 Å². The van der Waals surface area contributed by atoms with E-state index in [0.29, 0.717) is 29.8 Å². The summed E-state index contributed by atoms with van der Waals surface area (Å²) < 4.78 is 27.7. The molecule has 128 valence electrons. The Kier molecular flexibility index (Phi) is 4.13. The highest BCUT2D eigenvalue weighted by atomic mass is 32.2. The van der Waals surface area contributed by atoms with Crippen molar-refractivity contribution in [2.75, 3.05) is 13.1 Å². The minimum atomic E-state index is -3.38. The first-order valence-corrected chi connectivity index (χ1v) is 10.4. The third kappa shape index (κ3) is 2.76. The molecule has 1 aromatic carbocycles. The second-order valence-electron chi connectivity index (χ2n) is 7.37. The lowest BCUT2D eigenvalue weighted by Gasteiger charge is -2.25. The first-order chi connectivity index (χ1) is 11.6. The van der Waals surface area contributed by atoms with Crippen LogP contribution in [-0.4, -0.2) is 25.8 Å². The second kappa shape index (κ2) is 6.16. The van der Waals surface area contributed by atoms with Crippen LogP contribution in [0.3, 0.4) is 0 Å². The van der Waals surface area contributed by atoms with E-state index in [2.05, 4.69) is 12.2 Å². The molecule has 0 N–H and O–H groups in total. The Morgan fingerprint density at radius 2 is 1.75 bits per heavy atom. The zero-order valence-electron chi connectivity index (χ0n) is 14.2. The van der Waals surface area contributed by atoms with Crippen molar-refractivity contribution in [2.45, 2.75) is 43.9 Å². The fraction of sp³-hybridized carbons (Fsp3) is 0.500. The molecule has 0 bridgehead atoms. The molecule has 0 spiro atoms. The summed E-state index contributed by atoms with van der Waals surface area (Å²) in [5, 5.41) is 0. The SMILES string of the molecule is Cc1ccc(S(=O)(=O)N2C[C@@H]3C(=C4CCCC4)CC=C[C@H]3C2)cc1. The molecule has 2 aliphatic carbocycles. The van der Waals surface area contributed by atoms with Crippen molar-refractivity contribution in [2.24, 2.45) is 11.8 Å². The minimum absolute atomic E-state index is 0.349. The van der Waals surface area contributed by atoms with Gasteiger partial charge in [0.1, 0.15) is 0 Å². The lowest BCUT2D eigenvalue weighted by molar-refractivity contribution is 0.466. The standard InChI is InChI=1S/C20H25NO2S/c1-15-9-11-18(12-10-15)24(22,23)21-13-17-7-4-8-19(20(17)14-21)16-5-2-3-6-16/h4,7,9-12,17,20H,2-3,5-6,8,13-14H2,1H3/t17-,20-/m0/s1. The van der Waals surface area contributed by atoms with E-state index in [1.165, 1.54) is 25.7 Å². The largest absolute Gasteiger partial charge is 0.243 e. The predicted molar refractivity (Wildman–Crippen MR) is 96.2 cm³/mol. The van der Waals surface area contributed by atoms with Crippen LogP contribution in [0.25, 0.3) is 0 Å². The van der Waals surface area contributed by atoms with E-state index in [9.17, 15) is 8.42 Å². The molecule has 1 aromatic rings.